The lowest BCUT2D eigenvalue weighted by Crippen LogP contribution is -2.20. The summed E-state index contributed by atoms with van der Waals surface area (Å²) in [5.74, 6) is 0.372. The SMILES string of the molecule is Cc1nn([C@H]2CCS(=O)(=O)C2)c(Cl)c1CNCCC(C)(C)C. The van der Waals surface area contributed by atoms with Crippen molar-refractivity contribution in [3.05, 3.63) is 16.4 Å². The lowest BCUT2D eigenvalue weighted by Gasteiger charge is -2.18. The van der Waals surface area contributed by atoms with Crippen LogP contribution in [-0.2, 0) is 16.4 Å². The fraction of sp³-hybridized carbons (Fsp3) is 0.800. The summed E-state index contributed by atoms with van der Waals surface area (Å²) in [5, 5.41) is 8.44. The topological polar surface area (TPSA) is 64.0 Å². The Morgan fingerprint density at radius 1 is 1.41 bits per heavy atom. The number of aromatic nitrogens is 2. The molecule has 126 valence electrons. The lowest BCUT2D eigenvalue weighted by molar-refractivity contribution is 0.366. The van der Waals surface area contributed by atoms with Crippen LogP contribution in [0.1, 0.15) is 50.9 Å². The number of nitrogens with zero attached hydrogens (tertiary/aromatic N) is 2. The van der Waals surface area contributed by atoms with Gasteiger partial charge in [0.15, 0.2) is 9.84 Å². The number of hydrogen-bond acceptors (Lipinski definition) is 4. The Morgan fingerprint density at radius 2 is 2.09 bits per heavy atom. The first-order valence-electron chi connectivity index (χ1n) is 7.74. The third-order valence-corrected chi connectivity index (χ3v) is 6.20. The average molecular weight is 348 g/mol. The molecule has 0 amide bonds. The number of halogens is 1. The zero-order valence-electron chi connectivity index (χ0n) is 13.8. The van der Waals surface area contributed by atoms with E-state index < -0.39 is 9.84 Å². The summed E-state index contributed by atoms with van der Waals surface area (Å²) in [6, 6.07) is -0.125. The molecular weight excluding hydrogens is 322 g/mol. The molecular formula is C15H26ClN3O2S. The van der Waals surface area contributed by atoms with E-state index in [1.54, 1.807) is 4.68 Å². The van der Waals surface area contributed by atoms with Crippen LogP contribution in [0.5, 0.6) is 0 Å². The van der Waals surface area contributed by atoms with Gasteiger partial charge in [-0.15, -0.1) is 0 Å². The van der Waals surface area contributed by atoms with Crippen LogP contribution in [0, 0.1) is 12.3 Å². The van der Waals surface area contributed by atoms with E-state index in [1.165, 1.54) is 0 Å². The molecule has 1 aliphatic heterocycles. The van der Waals surface area contributed by atoms with Gasteiger partial charge in [-0.05, 0) is 31.7 Å². The van der Waals surface area contributed by atoms with Crippen molar-refractivity contribution in [2.45, 2.75) is 53.1 Å². The van der Waals surface area contributed by atoms with Crippen LogP contribution in [0.15, 0.2) is 0 Å². The highest BCUT2D eigenvalue weighted by Gasteiger charge is 2.31. The van der Waals surface area contributed by atoms with Crippen LogP contribution in [0.4, 0.5) is 0 Å². The monoisotopic (exact) mass is 347 g/mol. The number of nitrogens with one attached hydrogen (secondary N) is 1. The van der Waals surface area contributed by atoms with Crippen molar-refractivity contribution < 1.29 is 8.42 Å². The van der Waals surface area contributed by atoms with Gasteiger partial charge in [0.2, 0.25) is 0 Å². The molecule has 0 unspecified atom stereocenters. The first-order valence-corrected chi connectivity index (χ1v) is 9.94. The fourth-order valence-electron chi connectivity index (χ4n) is 2.64. The van der Waals surface area contributed by atoms with Crippen molar-refractivity contribution in [1.29, 1.82) is 0 Å². The molecule has 0 saturated carbocycles. The van der Waals surface area contributed by atoms with E-state index in [9.17, 15) is 8.42 Å². The number of rotatable bonds is 5. The number of aryl methyl sites for hydroxylation is 1. The van der Waals surface area contributed by atoms with Gasteiger partial charge in [0.25, 0.3) is 0 Å². The minimum absolute atomic E-state index is 0.125. The van der Waals surface area contributed by atoms with Gasteiger partial charge in [-0.3, -0.25) is 0 Å². The Balaban J connectivity index is 2.02. The summed E-state index contributed by atoms with van der Waals surface area (Å²) in [6.45, 7) is 10.2. The zero-order valence-corrected chi connectivity index (χ0v) is 15.4. The van der Waals surface area contributed by atoms with Crippen molar-refractivity contribution in [3.63, 3.8) is 0 Å². The smallest absolute Gasteiger partial charge is 0.152 e. The molecule has 0 bridgehead atoms. The Morgan fingerprint density at radius 3 is 2.64 bits per heavy atom. The van der Waals surface area contributed by atoms with E-state index in [4.69, 9.17) is 11.6 Å². The predicted octanol–water partition coefficient (Wildman–Crippen LogP) is 2.73. The molecule has 0 aliphatic carbocycles. The van der Waals surface area contributed by atoms with Gasteiger partial charge in [-0.2, -0.15) is 5.10 Å². The van der Waals surface area contributed by atoms with Crippen LogP contribution in [0.2, 0.25) is 5.15 Å². The summed E-state index contributed by atoms with van der Waals surface area (Å²) in [7, 11) is -2.94. The minimum atomic E-state index is -2.94. The molecule has 1 saturated heterocycles. The summed E-state index contributed by atoms with van der Waals surface area (Å²) < 4.78 is 24.9. The van der Waals surface area contributed by atoms with Crippen molar-refractivity contribution in [1.82, 2.24) is 15.1 Å². The van der Waals surface area contributed by atoms with E-state index in [0.717, 1.165) is 24.2 Å². The molecule has 7 heteroatoms. The number of sulfone groups is 1. The highest BCUT2D eigenvalue weighted by Crippen LogP contribution is 2.29. The third kappa shape index (κ3) is 4.46. The van der Waals surface area contributed by atoms with Gasteiger partial charge in [0.05, 0.1) is 23.2 Å². The van der Waals surface area contributed by atoms with Gasteiger partial charge in [-0.1, -0.05) is 32.4 Å². The average Bonchev–Trinajstić information content (AvgIpc) is 2.86. The van der Waals surface area contributed by atoms with Gasteiger partial charge in [0, 0.05) is 12.1 Å². The van der Waals surface area contributed by atoms with E-state index in [0.29, 0.717) is 23.5 Å². The normalized spacial score (nSPS) is 21.4. The molecule has 5 nitrogen and oxygen atoms in total. The maximum Gasteiger partial charge on any atom is 0.152 e. The van der Waals surface area contributed by atoms with Crippen LogP contribution >= 0.6 is 11.6 Å². The molecule has 1 aromatic rings. The van der Waals surface area contributed by atoms with E-state index in [1.807, 2.05) is 6.92 Å². The largest absolute Gasteiger partial charge is 0.312 e. The van der Waals surface area contributed by atoms with Crippen LogP contribution in [0.25, 0.3) is 0 Å². The second-order valence-corrected chi connectivity index (χ2v) is 9.93. The quantitative estimate of drug-likeness (QED) is 0.832. The summed E-state index contributed by atoms with van der Waals surface area (Å²) in [6.07, 6.45) is 1.68. The molecule has 1 atom stereocenters. The van der Waals surface area contributed by atoms with Crippen LogP contribution in [0.3, 0.4) is 0 Å². The standard InChI is InChI=1S/C15H26ClN3O2S/c1-11-13(9-17-7-6-15(2,3)4)14(16)19(18-11)12-5-8-22(20,21)10-12/h12,17H,5-10H2,1-4H3/t12-/m0/s1. The molecule has 0 spiro atoms. The first-order chi connectivity index (χ1) is 10.1. The summed E-state index contributed by atoms with van der Waals surface area (Å²) >= 11 is 6.44. The third-order valence-electron chi connectivity index (χ3n) is 4.05. The van der Waals surface area contributed by atoms with E-state index in [-0.39, 0.29) is 17.5 Å². The molecule has 0 aromatic carbocycles. The molecule has 2 rings (SSSR count). The van der Waals surface area contributed by atoms with Gasteiger partial charge in [0.1, 0.15) is 5.15 Å². The second-order valence-electron chi connectivity index (χ2n) is 7.34. The van der Waals surface area contributed by atoms with Gasteiger partial charge in [-0.25, -0.2) is 13.1 Å². The van der Waals surface area contributed by atoms with E-state index >= 15 is 0 Å². The van der Waals surface area contributed by atoms with Crippen LogP contribution in [-0.4, -0.2) is 36.2 Å². The maximum atomic E-state index is 11.6. The molecule has 22 heavy (non-hydrogen) atoms. The number of hydrogen-bond donors (Lipinski definition) is 1. The highest BCUT2D eigenvalue weighted by molar-refractivity contribution is 7.91. The summed E-state index contributed by atoms with van der Waals surface area (Å²) in [5.41, 5.74) is 2.14. The molecule has 2 heterocycles. The summed E-state index contributed by atoms with van der Waals surface area (Å²) in [4.78, 5) is 0. The molecule has 1 N–H and O–H groups in total. The Labute approximate surface area is 138 Å². The van der Waals surface area contributed by atoms with Crippen LogP contribution < -0.4 is 5.32 Å². The van der Waals surface area contributed by atoms with Crippen molar-refractivity contribution in [2.75, 3.05) is 18.1 Å². The molecule has 1 aromatic heterocycles. The Hall–Kier alpha value is -0.590. The lowest BCUT2D eigenvalue weighted by atomic mass is 9.92. The second kappa shape index (κ2) is 6.49. The van der Waals surface area contributed by atoms with E-state index in [2.05, 4.69) is 31.2 Å². The fourth-order valence-corrected chi connectivity index (χ4v) is 4.71. The maximum absolute atomic E-state index is 11.6. The zero-order chi connectivity index (χ0) is 16.5. The first kappa shape index (κ1) is 17.8. The van der Waals surface area contributed by atoms with Gasteiger partial charge >= 0.3 is 0 Å². The van der Waals surface area contributed by atoms with Crippen molar-refractivity contribution >= 4 is 21.4 Å². The minimum Gasteiger partial charge on any atom is -0.312 e. The van der Waals surface area contributed by atoms with Crippen molar-refractivity contribution in [2.24, 2.45) is 5.41 Å². The van der Waals surface area contributed by atoms with Crippen molar-refractivity contribution in [3.8, 4) is 0 Å². The Kier molecular flexibility index (Phi) is 5.24. The molecule has 1 fully saturated rings. The molecule has 1 aliphatic rings. The highest BCUT2D eigenvalue weighted by atomic mass is 35.5. The Bertz CT molecular complexity index is 632. The molecule has 0 radical (unpaired) electrons. The van der Waals surface area contributed by atoms with Gasteiger partial charge < -0.3 is 5.32 Å². The predicted molar refractivity (Wildman–Crippen MR) is 90.1 cm³/mol.